The average Bonchev–Trinajstić information content (AvgIpc) is 3.31. The summed E-state index contributed by atoms with van der Waals surface area (Å²) in [5.41, 5.74) is 1.12. The van der Waals surface area contributed by atoms with Crippen LogP contribution in [0.3, 0.4) is 0 Å². The van der Waals surface area contributed by atoms with E-state index >= 15 is 0 Å². The molecule has 2 bridgehead atoms. The lowest BCUT2D eigenvalue weighted by Gasteiger charge is -2.23. The van der Waals surface area contributed by atoms with Gasteiger partial charge in [0.1, 0.15) is 6.10 Å². The third kappa shape index (κ3) is 5.72. The Balaban J connectivity index is 0.00000225. The van der Waals surface area contributed by atoms with Crippen LogP contribution in [-0.2, 0) is 11.3 Å². The number of nitrogens with zero attached hydrogens (tertiary/aromatic N) is 2. The van der Waals surface area contributed by atoms with E-state index in [0.29, 0.717) is 30.9 Å². The summed E-state index contributed by atoms with van der Waals surface area (Å²) in [6.07, 6.45) is 12.5. The molecule has 0 spiro atoms. The van der Waals surface area contributed by atoms with Crippen molar-refractivity contribution in [2.24, 2.45) is 4.99 Å². The number of rotatable bonds is 6. The Bertz CT molecular complexity index is 651. The zero-order valence-electron chi connectivity index (χ0n) is 16.7. The van der Waals surface area contributed by atoms with Crippen LogP contribution in [0.4, 0.5) is 0 Å². The number of ether oxygens (including phenoxy) is 2. The van der Waals surface area contributed by atoms with Gasteiger partial charge in [-0.3, -0.25) is 0 Å². The quantitative estimate of drug-likeness (QED) is 0.354. The molecular weight excluding hydrogens is 467 g/mol. The van der Waals surface area contributed by atoms with E-state index in [2.05, 4.69) is 22.5 Å². The van der Waals surface area contributed by atoms with Gasteiger partial charge in [-0.25, -0.2) is 9.98 Å². The summed E-state index contributed by atoms with van der Waals surface area (Å²) < 4.78 is 12.0. The fourth-order valence-corrected chi connectivity index (χ4v) is 4.42. The highest BCUT2D eigenvalue weighted by Crippen LogP contribution is 2.34. The van der Waals surface area contributed by atoms with Gasteiger partial charge in [-0.1, -0.05) is 6.42 Å². The van der Waals surface area contributed by atoms with Gasteiger partial charge in [0, 0.05) is 18.8 Å². The Morgan fingerprint density at radius 3 is 2.82 bits per heavy atom. The third-order valence-corrected chi connectivity index (χ3v) is 5.83. The largest absolute Gasteiger partial charge is 0.474 e. The molecule has 0 amide bonds. The molecule has 7 heteroatoms. The fourth-order valence-electron chi connectivity index (χ4n) is 4.42. The van der Waals surface area contributed by atoms with Gasteiger partial charge in [0.05, 0.1) is 24.8 Å². The Kier molecular flexibility index (Phi) is 8.20. The Hall–Kier alpha value is -1.09. The van der Waals surface area contributed by atoms with Crippen molar-refractivity contribution < 1.29 is 9.47 Å². The van der Waals surface area contributed by atoms with Crippen molar-refractivity contribution in [1.29, 1.82) is 0 Å². The van der Waals surface area contributed by atoms with Crippen molar-refractivity contribution in [2.45, 2.75) is 89.2 Å². The average molecular weight is 500 g/mol. The van der Waals surface area contributed by atoms with Crippen LogP contribution in [0.2, 0.25) is 0 Å². The van der Waals surface area contributed by atoms with Crippen molar-refractivity contribution in [3.8, 4) is 5.88 Å². The zero-order valence-corrected chi connectivity index (χ0v) is 19.1. The number of halogens is 1. The number of guanidine groups is 1. The molecule has 0 aromatic carbocycles. The van der Waals surface area contributed by atoms with Crippen molar-refractivity contribution >= 4 is 29.9 Å². The summed E-state index contributed by atoms with van der Waals surface area (Å²) in [6.45, 7) is 3.55. The zero-order chi connectivity index (χ0) is 18.5. The van der Waals surface area contributed by atoms with Crippen LogP contribution in [0.5, 0.6) is 5.88 Å². The van der Waals surface area contributed by atoms with Crippen LogP contribution in [0.25, 0.3) is 0 Å². The SMILES string of the molecule is CCNC(=NCc1ccnc(OC2CCCCC2)c1)NC1CC2CCC1O2.I. The first-order chi connectivity index (χ1) is 13.3. The fraction of sp³-hybridized carbons (Fsp3) is 0.714. The highest BCUT2D eigenvalue weighted by Gasteiger charge is 2.41. The highest BCUT2D eigenvalue weighted by atomic mass is 127. The third-order valence-electron chi connectivity index (χ3n) is 5.83. The smallest absolute Gasteiger partial charge is 0.213 e. The first-order valence-corrected chi connectivity index (χ1v) is 10.6. The van der Waals surface area contributed by atoms with E-state index in [0.717, 1.165) is 49.6 Å². The Morgan fingerprint density at radius 1 is 1.25 bits per heavy atom. The maximum atomic E-state index is 6.08. The molecule has 2 N–H and O–H groups in total. The predicted octanol–water partition coefficient (Wildman–Crippen LogP) is 3.79. The lowest BCUT2D eigenvalue weighted by atomic mass is 9.96. The number of aromatic nitrogens is 1. The topological polar surface area (TPSA) is 67.8 Å². The van der Waals surface area contributed by atoms with Gasteiger partial charge in [-0.2, -0.15) is 0 Å². The molecule has 0 radical (unpaired) electrons. The standard InChI is InChI=1S/C21H32N4O2.HI/c1-2-22-21(25-18-13-17-8-9-19(18)26-17)24-14-15-10-11-23-20(12-15)27-16-6-4-3-5-7-16;/h10-12,16-19H,2-9,13-14H2,1H3,(H2,22,24,25);1H. The van der Waals surface area contributed by atoms with Gasteiger partial charge in [0.25, 0.3) is 0 Å². The summed E-state index contributed by atoms with van der Waals surface area (Å²) in [6, 6.07) is 4.42. The monoisotopic (exact) mass is 500 g/mol. The molecule has 28 heavy (non-hydrogen) atoms. The molecule has 3 aliphatic rings. The van der Waals surface area contributed by atoms with Crippen LogP contribution < -0.4 is 15.4 Å². The van der Waals surface area contributed by atoms with Crippen molar-refractivity contribution in [2.75, 3.05) is 6.54 Å². The molecule has 1 saturated carbocycles. The molecule has 2 aliphatic heterocycles. The van der Waals surface area contributed by atoms with Crippen LogP contribution in [0.15, 0.2) is 23.3 Å². The van der Waals surface area contributed by atoms with Crippen molar-refractivity contribution in [3.63, 3.8) is 0 Å². The van der Waals surface area contributed by atoms with Gasteiger partial charge in [0.15, 0.2) is 5.96 Å². The lowest BCUT2D eigenvalue weighted by molar-refractivity contribution is 0.0992. The Morgan fingerprint density at radius 2 is 2.11 bits per heavy atom. The van der Waals surface area contributed by atoms with Gasteiger partial charge in [0.2, 0.25) is 5.88 Å². The number of fused-ring (bicyclic) bond motifs is 2. The van der Waals surface area contributed by atoms with E-state index in [-0.39, 0.29) is 24.0 Å². The number of aliphatic imine (C=N–C) groups is 1. The second-order valence-corrected chi connectivity index (χ2v) is 7.94. The second kappa shape index (κ2) is 10.6. The molecule has 1 aromatic rings. The van der Waals surface area contributed by atoms with Crippen molar-refractivity contribution in [1.82, 2.24) is 15.6 Å². The number of nitrogens with one attached hydrogen (secondary N) is 2. The molecule has 4 rings (SSSR count). The Labute approximate surface area is 185 Å². The van der Waals surface area contributed by atoms with E-state index in [4.69, 9.17) is 14.5 Å². The molecular formula is C21H33IN4O2. The minimum absolute atomic E-state index is 0. The minimum atomic E-state index is 0. The summed E-state index contributed by atoms with van der Waals surface area (Å²) in [7, 11) is 0. The molecule has 6 nitrogen and oxygen atoms in total. The summed E-state index contributed by atoms with van der Waals surface area (Å²) in [4.78, 5) is 9.16. The van der Waals surface area contributed by atoms with Crippen LogP contribution in [0.1, 0.15) is 63.9 Å². The summed E-state index contributed by atoms with van der Waals surface area (Å²) in [5, 5.41) is 6.92. The van der Waals surface area contributed by atoms with Crippen LogP contribution in [0, 0.1) is 0 Å². The maximum absolute atomic E-state index is 6.08. The van der Waals surface area contributed by atoms with E-state index in [1.807, 2.05) is 18.3 Å². The number of hydrogen-bond donors (Lipinski definition) is 2. The number of hydrogen-bond acceptors (Lipinski definition) is 4. The molecule has 3 atom stereocenters. The lowest BCUT2D eigenvalue weighted by Crippen LogP contribution is -2.47. The normalized spacial score (nSPS) is 27.3. The van der Waals surface area contributed by atoms with Gasteiger partial charge >= 0.3 is 0 Å². The van der Waals surface area contributed by atoms with E-state index < -0.39 is 0 Å². The highest BCUT2D eigenvalue weighted by molar-refractivity contribution is 14.0. The van der Waals surface area contributed by atoms with E-state index in [1.165, 1.54) is 25.7 Å². The molecule has 2 saturated heterocycles. The molecule has 3 fully saturated rings. The molecule has 3 unspecified atom stereocenters. The van der Waals surface area contributed by atoms with E-state index in [1.54, 1.807) is 0 Å². The number of pyridine rings is 1. The molecule has 3 heterocycles. The van der Waals surface area contributed by atoms with Crippen molar-refractivity contribution in [3.05, 3.63) is 23.9 Å². The van der Waals surface area contributed by atoms with Gasteiger partial charge in [-0.05, 0) is 63.5 Å². The minimum Gasteiger partial charge on any atom is -0.474 e. The van der Waals surface area contributed by atoms with Crippen LogP contribution >= 0.6 is 24.0 Å². The first-order valence-electron chi connectivity index (χ1n) is 10.6. The molecule has 1 aliphatic carbocycles. The van der Waals surface area contributed by atoms with Gasteiger partial charge in [-0.15, -0.1) is 24.0 Å². The maximum Gasteiger partial charge on any atom is 0.213 e. The molecule has 156 valence electrons. The van der Waals surface area contributed by atoms with E-state index in [9.17, 15) is 0 Å². The predicted molar refractivity (Wildman–Crippen MR) is 121 cm³/mol. The van der Waals surface area contributed by atoms with Gasteiger partial charge < -0.3 is 20.1 Å². The second-order valence-electron chi connectivity index (χ2n) is 7.94. The molecule has 1 aromatic heterocycles. The summed E-state index contributed by atoms with van der Waals surface area (Å²) >= 11 is 0. The first kappa shape index (κ1) is 21.6. The van der Waals surface area contributed by atoms with Crippen LogP contribution in [-0.4, -0.2) is 41.8 Å². The summed E-state index contributed by atoms with van der Waals surface area (Å²) in [5.74, 6) is 1.60.